The Kier molecular flexibility index (Phi) is 43.0. The molecule has 0 saturated carbocycles. The number of hydrogen-bond donors (Lipinski definition) is 2. The van der Waals surface area contributed by atoms with E-state index >= 15 is 0 Å². The fourth-order valence-electron chi connectivity index (χ4n) is 7.23. The van der Waals surface area contributed by atoms with Crippen LogP contribution in [0.4, 0.5) is 0 Å². The van der Waals surface area contributed by atoms with Crippen molar-refractivity contribution in [3.8, 4) is 0 Å². The van der Waals surface area contributed by atoms with Crippen molar-refractivity contribution in [3.05, 3.63) is 12.1 Å². The van der Waals surface area contributed by atoms with Gasteiger partial charge in [0.2, 0.25) is 0 Å². The molecule has 2 radical (unpaired) electrons. The Hall–Kier alpha value is 1.97. The molecule has 1 heterocycles. The van der Waals surface area contributed by atoms with Gasteiger partial charge in [-0.15, -0.1) is 0 Å². The SMILES string of the molecule is CCC[CH2][Sn]([CH2]CCC)([CH2]CCC)[c]1ccc(S(=O)(=O)N[C@H](CO)[C@@H](C)CC)s1.CCC[CH2][Sn]([CH2]CCC)[CH2]CCC.CCC[CH2][Sn]([CH2]CCC)[CH2]CCC. The van der Waals surface area contributed by atoms with Crippen molar-refractivity contribution >= 4 is 82.1 Å². The molecular formula is C46H97NO3S2Sn3. The summed E-state index contributed by atoms with van der Waals surface area (Å²) in [5.41, 5.74) is 0. The normalized spacial score (nSPS) is 13.1. The summed E-state index contributed by atoms with van der Waals surface area (Å²) in [5, 5.41) is 9.65. The molecule has 0 spiro atoms. The molecule has 55 heavy (non-hydrogen) atoms. The van der Waals surface area contributed by atoms with Gasteiger partial charge in [-0.05, 0) is 0 Å². The Balaban J connectivity index is 0. The fraction of sp³-hybridized carbons (Fsp3) is 0.913. The van der Waals surface area contributed by atoms with Crippen molar-refractivity contribution in [1.82, 2.24) is 4.72 Å². The van der Waals surface area contributed by atoms with Gasteiger partial charge in [0.15, 0.2) is 0 Å². The van der Waals surface area contributed by atoms with Crippen LogP contribution in [0.15, 0.2) is 16.3 Å². The second kappa shape index (κ2) is 40.1. The predicted molar refractivity (Wildman–Crippen MR) is 259 cm³/mol. The Morgan fingerprint density at radius 1 is 0.582 bits per heavy atom. The Labute approximate surface area is 369 Å². The van der Waals surface area contributed by atoms with E-state index in [1.54, 1.807) is 26.6 Å². The van der Waals surface area contributed by atoms with Crippen LogP contribution in [0.3, 0.4) is 0 Å². The number of nitrogens with one attached hydrogen (secondary N) is 1. The van der Waals surface area contributed by atoms with E-state index < -0.39 is 74.0 Å². The van der Waals surface area contributed by atoms with E-state index in [4.69, 9.17) is 0 Å². The molecule has 328 valence electrons. The Morgan fingerprint density at radius 2 is 0.909 bits per heavy atom. The molecule has 0 unspecified atom stereocenters. The summed E-state index contributed by atoms with van der Waals surface area (Å²) in [6.45, 7) is 24.6. The standard InChI is InChI=1S/C10H16NO3S2.9C4H9.3Sn/c1-3-8(2)9(7-12)11-16(13,14)10-5-4-6-15-10;9*1-3-4-2;;;/h4-5,8-9,11-12H,3,7H2,1-2H3;9*1,3-4H2,2H3;;;/t8-,9+;;;;;;;;;;;;/m0............/s1. The summed E-state index contributed by atoms with van der Waals surface area (Å²) < 4.78 is 44.7. The molecule has 9 heteroatoms. The second-order valence-electron chi connectivity index (χ2n) is 16.6. The van der Waals surface area contributed by atoms with Gasteiger partial charge >= 0.3 is 373 Å². The zero-order valence-corrected chi connectivity index (χ0v) is 49.1. The van der Waals surface area contributed by atoms with Gasteiger partial charge in [-0.3, -0.25) is 0 Å². The quantitative estimate of drug-likeness (QED) is 0.0676. The van der Waals surface area contributed by atoms with E-state index in [-0.39, 0.29) is 12.5 Å². The summed E-state index contributed by atoms with van der Waals surface area (Å²) in [7, 11) is -3.59. The molecule has 2 N–H and O–H groups in total. The van der Waals surface area contributed by atoms with E-state index in [9.17, 15) is 13.5 Å². The summed E-state index contributed by atoms with van der Waals surface area (Å²) in [6.07, 6.45) is 26.0. The maximum atomic E-state index is 13.0. The number of sulfonamides is 1. The average molecular weight is 1130 g/mol. The van der Waals surface area contributed by atoms with Crippen LogP contribution in [0.5, 0.6) is 0 Å². The zero-order valence-electron chi connectivity index (χ0n) is 38.9. The number of hydrogen-bond acceptors (Lipinski definition) is 4. The van der Waals surface area contributed by atoms with Gasteiger partial charge in [0, 0.05) is 0 Å². The van der Waals surface area contributed by atoms with Gasteiger partial charge in [-0.25, -0.2) is 0 Å². The summed E-state index contributed by atoms with van der Waals surface area (Å²) in [4.78, 5) is 0. The number of rotatable bonds is 34. The molecule has 2 atom stereocenters. The van der Waals surface area contributed by atoms with Crippen molar-refractivity contribution in [2.75, 3.05) is 6.61 Å². The van der Waals surface area contributed by atoms with Crippen LogP contribution in [-0.2, 0) is 10.0 Å². The van der Waals surface area contributed by atoms with Crippen LogP contribution in [0.1, 0.15) is 198 Å². The maximum absolute atomic E-state index is 13.0. The van der Waals surface area contributed by atoms with Crippen LogP contribution in [0, 0.1) is 5.92 Å². The third-order valence-corrected chi connectivity index (χ3v) is 51.0. The van der Waals surface area contributed by atoms with Crippen molar-refractivity contribution in [2.45, 2.75) is 248 Å². The van der Waals surface area contributed by atoms with Crippen molar-refractivity contribution in [3.63, 3.8) is 0 Å². The van der Waals surface area contributed by atoms with Gasteiger partial charge in [0.1, 0.15) is 0 Å². The first kappa shape index (κ1) is 59.1. The fourth-order valence-corrected chi connectivity index (χ4v) is 48.6. The molecule has 1 aromatic heterocycles. The predicted octanol–water partition coefficient (Wildman–Crippen LogP) is 15.3. The van der Waals surface area contributed by atoms with Crippen molar-refractivity contribution in [1.29, 1.82) is 0 Å². The molecule has 0 bridgehead atoms. The van der Waals surface area contributed by atoms with Gasteiger partial charge in [0.05, 0.1) is 0 Å². The van der Waals surface area contributed by atoms with E-state index in [0.29, 0.717) is 4.21 Å². The first-order valence-electron chi connectivity index (χ1n) is 23.9. The van der Waals surface area contributed by atoms with Crippen LogP contribution < -0.4 is 7.62 Å². The van der Waals surface area contributed by atoms with Crippen molar-refractivity contribution < 1.29 is 13.5 Å². The molecule has 0 aromatic carbocycles. The zero-order chi connectivity index (χ0) is 41.8. The van der Waals surface area contributed by atoms with Crippen LogP contribution in [0.2, 0.25) is 39.9 Å². The van der Waals surface area contributed by atoms with Crippen LogP contribution >= 0.6 is 11.3 Å². The molecule has 0 aliphatic carbocycles. The molecule has 1 aromatic rings. The van der Waals surface area contributed by atoms with Crippen molar-refractivity contribution in [2.24, 2.45) is 5.92 Å². The average Bonchev–Trinajstić information content (AvgIpc) is 3.72. The summed E-state index contributed by atoms with van der Waals surface area (Å²) in [5.74, 6) is 0.103. The number of aliphatic hydroxyl groups is 1. The molecule has 0 saturated heterocycles. The van der Waals surface area contributed by atoms with Gasteiger partial charge in [0.25, 0.3) is 0 Å². The minimum absolute atomic E-state index is 0.103. The monoisotopic (exact) mass is 1140 g/mol. The van der Waals surface area contributed by atoms with E-state index in [1.165, 1.54) is 143 Å². The topological polar surface area (TPSA) is 66.4 Å². The van der Waals surface area contributed by atoms with E-state index in [0.717, 1.165) is 6.42 Å². The molecule has 4 nitrogen and oxygen atoms in total. The van der Waals surface area contributed by atoms with Gasteiger partial charge < -0.3 is 0 Å². The molecule has 0 aliphatic rings. The summed E-state index contributed by atoms with van der Waals surface area (Å²) >= 11 is -2.75. The molecule has 0 amide bonds. The third kappa shape index (κ3) is 29.0. The Bertz CT molecular complexity index is 971. The first-order valence-corrected chi connectivity index (χ1v) is 45.8. The number of unbranched alkanes of at least 4 members (excludes halogenated alkanes) is 9. The molecule has 1 rings (SSSR count). The molecule has 0 fully saturated rings. The second-order valence-corrected chi connectivity index (χ2v) is 50.9. The van der Waals surface area contributed by atoms with Crippen LogP contribution in [0.25, 0.3) is 0 Å². The molecule has 0 aliphatic heterocycles. The number of aliphatic hydroxyl groups excluding tert-OH is 1. The Morgan fingerprint density at radius 3 is 1.18 bits per heavy atom. The third-order valence-electron chi connectivity index (χ3n) is 11.5. The van der Waals surface area contributed by atoms with Crippen LogP contribution in [-0.4, -0.2) is 84.1 Å². The summed E-state index contributed by atoms with van der Waals surface area (Å²) in [6, 6.07) is 3.54. The first-order chi connectivity index (χ1) is 26.5. The van der Waals surface area contributed by atoms with E-state index in [1.807, 2.05) is 19.9 Å². The van der Waals surface area contributed by atoms with Gasteiger partial charge in [-0.1, -0.05) is 0 Å². The van der Waals surface area contributed by atoms with E-state index in [2.05, 4.69) is 73.1 Å². The number of thiophene rings is 1. The minimum atomic E-state index is -3.59. The molecular weight excluding hydrogens is 1030 g/mol. The van der Waals surface area contributed by atoms with Gasteiger partial charge in [-0.2, -0.15) is 0 Å².